The topological polar surface area (TPSA) is 653 Å². The summed E-state index contributed by atoms with van der Waals surface area (Å²) in [5.41, 5.74) is 7.75. The maximum absolute atomic E-state index is 15.4. The maximum atomic E-state index is 15.4. The molecule has 5 saturated heterocycles. The molecule has 0 saturated carbocycles. The average molecular weight is 2130 g/mol. The molecule has 5 aliphatic rings. The number of ether oxygens (including phenoxy) is 4. The van der Waals surface area contributed by atoms with Crippen LogP contribution >= 0.6 is 31.9 Å². The number of nitriles is 3. The molecule has 15 rings (SSSR count). The van der Waals surface area contributed by atoms with E-state index >= 15 is 13.7 Å². The Balaban J connectivity index is 0.000000234. The van der Waals surface area contributed by atoms with Gasteiger partial charge in [-0.15, -0.1) is 0 Å². The van der Waals surface area contributed by atoms with Crippen LogP contribution in [0.25, 0.3) is 49.5 Å². The first kappa shape index (κ1) is 112. The Morgan fingerprint density at radius 2 is 1.03 bits per heavy atom. The van der Waals surface area contributed by atoms with E-state index in [2.05, 4.69) is 111 Å². The van der Waals surface area contributed by atoms with E-state index in [4.69, 9.17) is 82.1 Å². The molecular weight excluding hydrogens is 2010 g/mol. The number of aromatic amines is 2. The number of nitrogens with two attached hydrogens (primary N) is 1. The van der Waals surface area contributed by atoms with Crippen molar-refractivity contribution in [3.8, 4) is 18.2 Å². The van der Waals surface area contributed by atoms with E-state index in [-0.39, 0.29) is 180 Å². The number of aliphatic hydroxyl groups is 1. The zero-order chi connectivity index (χ0) is 106. The molecule has 782 valence electrons. The van der Waals surface area contributed by atoms with Gasteiger partial charge in [-0.1, -0.05) is 119 Å². The maximum Gasteiger partial charge on any atom is 0.406 e. The number of amides is 2. The van der Waals surface area contributed by atoms with Crippen molar-refractivity contribution in [3.63, 3.8) is 0 Å². The minimum Gasteiger partial charge on any atom is -0.408 e. The van der Waals surface area contributed by atoms with Gasteiger partial charge in [-0.2, -0.15) is 15.8 Å². The highest BCUT2D eigenvalue weighted by atomic mass is 31.2. The normalized spacial score (nSPS) is 25.5. The highest BCUT2D eigenvalue weighted by Gasteiger charge is 2.58. The standard InChI is InChI=1S/C45H59N13O12P2Si.C42H56N12O11P2Si.C3H5NO/c1-26(2)29(59)20-32-52-40-36(42(61)53-32)51-25-58(40)43-27(3)33-30(68-43)21-66-72(63,64-18-13-16-46)56-34-31(22-67-71(62,55-33)65-19-17-47-7)69-44(37(34)70-73(8,9)45(4,5)6)57-24-50-35-38(48-23-49-39(35)57)54-41(60)28-14-11-10-12-15-28;1-23(2)26(55)17-29-49-37-33(39(57)50-29)48-22-54(37)40-24(3)30(44)27(63-40)19-62-67(59,61-16-12-15-43)52-31-28(18-60-66-58)64-41(34(31)65-68(7,8)42(4,5)6)53-21-47-32-35(45-20-46-36(32)53)51-38(56)25-13-10-9-11-14-25;4-2-1-3-5/h10-12,14-15,23-27,30-31,33-34,37,43-44H,13,17-22H2,1-6,8-9H3,(H,55,62)(H,56,63)(H,52,53,61)(H,48,49,54,60);9-11,13-14,20-24,27-28,30-31,34,40-41H,12,16-19,44H2,1-8H3,(H,52,59)(H,49,50,57)(H,45,46,51,56);5H,1,3H2/t27-,30-,31-,33+,34-,37-,43-,44-,71?,72?;24-,27-,28-,30+,31-,34-,40-,41-,67?;/m11./s1. The summed E-state index contributed by atoms with van der Waals surface area (Å²) in [5.74, 6) is -2.21. The molecule has 146 heavy (non-hydrogen) atoms. The predicted molar refractivity (Wildman–Crippen MR) is 531 cm³/mol. The van der Waals surface area contributed by atoms with Crippen LogP contribution in [0.1, 0.15) is 160 Å². The summed E-state index contributed by atoms with van der Waals surface area (Å²) >= 11 is 0. The van der Waals surface area contributed by atoms with Crippen LogP contribution in [0.15, 0.2) is 108 Å². The van der Waals surface area contributed by atoms with Crippen LogP contribution in [-0.4, -0.2) is 243 Å². The molecule has 0 aliphatic carbocycles. The highest BCUT2D eigenvalue weighted by Crippen LogP contribution is 2.56. The number of imidazole rings is 4. The summed E-state index contributed by atoms with van der Waals surface area (Å²) in [7, 11) is -19.7. The van der Waals surface area contributed by atoms with Crippen LogP contribution in [0.5, 0.6) is 0 Å². The molecule has 56 heteroatoms. The number of anilines is 2. The Kier molecular flexibility index (Phi) is 36.9. The van der Waals surface area contributed by atoms with Gasteiger partial charge in [0, 0.05) is 40.8 Å². The predicted octanol–water partition coefficient (Wildman–Crippen LogP) is 11.1. The van der Waals surface area contributed by atoms with Gasteiger partial charge >= 0.3 is 31.9 Å². The minimum absolute atomic E-state index is 0.0174. The summed E-state index contributed by atoms with van der Waals surface area (Å²) in [6.07, 6.45) is -2.26. The molecular formula is C90H120N26O24P4Si2. The number of aromatic nitrogens is 16. The number of Topliss-reactive ketones (excluding diaryl/α,β-unsaturated/α-hetero) is 2. The quantitative estimate of drug-likeness (QED) is 0.00762. The van der Waals surface area contributed by atoms with Crippen LogP contribution in [-0.2, 0) is 100 Å². The zero-order valence-corrected chi connectivity index (χ0v) is 88.9. The summed E-state index contributed by atoms with van der Waals surface area (Å²) in [5, 5.41) is 48.6. The lowest BCUT2D eigenvalue weighted by atomic mass is 10.00. The molecule has 5 aliphatic heterocycles. The van der Waals surface area contributed by atoms with Crippen LogP contribution < -0.4 is 42.7 Å². The number of rotatable bonds is 36. The monoisotopic (exact) mass is 2130 g/mol. The Labute approximate surface area is 843 Å². The number of carbonyl (C=O) groups excluding carboxylic acids is 4. The zero-order valence-electron chi connectivity index (χ0n) is 83.3. The molecule has 50 nitrogen and oxygen atoms in total. The lowest BCUT2D eigenvalue weighted by molar-refractivity contribution is -0.122. The number of fused-ring (bicyclic) bond motifs is 6. The van der Waals surface area contributed by atoms with Crippen molar-refractivity contribution < 1.29 is 102 Å². The van der Waals surface area contributed by atoms with E-state index < -0.39 is 182 Å². The van der Waals surface area contributed by atoms with E-state index in [1.807, 2.05) is 66.0 Å². The van der Waals surface area contributed by atoms with Gasteiger partial charge in [-0.25, -0.2) is 89.9 Å². The number of H-pyrrole nitrogens is 2. The first-order valence-electron chi connectivity index (χ1n) is 47.1. The first-order chi connectivity index (χ1) is 69.3. The molecule has 19 atom stereocenters. The van der Waals surface area contributed by atoms with Crippen LogP contribution in [0, 0.1) is 64.2 Å². The fourth-order valence-electron chi connectivity index (χ4n) is 16.0. The van der Waals surface area contributed by atoms with E-state index in [1.54, 1.807) is 115 Å². The van der Waals surface area contributed by atoms with Crippen molar-refractivity contribution in [2.45, 2.75) is 237 Å². The molecule has 0 bridgehead atoms. The molecule has 3 unspecified atom stereocenters. The smallest absolute Gasteiger partial charge is 0.406 e. The molecule has 10 N–H and O–H groups in total. The van der Waals surface area contributed by atoms with Gasteiger partial charge in [0.05, 0.1) is 146 Å². The van der Waals surface area contributed by atoms with E-state index in [0.29, 0.717) is 11.1 Å². The highest BCUT2D eigenvalue weighted by molar-refractivity contribution is 7.52. The van der Waals surface area contributed by atoms with Gasteiger partial charge < -0.3 is 64.1 Å². The molecule has 8 aromatic heterocycles. The van der Waals surface area contributed by atoms with Crippen molar-refractivity contribution in [2.24, 2.45) is 29.4 Å². The van der Waals surface area contributed by atoms with Crippen molar-refractivity contribution >= 4 is 128 Å². The lowest BCUT2D eigenvalue weighted by Crippen LogP contribution is -2.53. The van der Waals surface area contributed by atoms with Gasteiger partial charge in [-0.05, 0) is 60.5 Å². The molecule has 0 spiro atoms. The van der Waals surface area contributed by atoms with Crippen LogP contribution in [0.2, 0.25) is 36.3 Å². The summed E-state index contributed by atoms with van der Waals surface area (Å²) in [6, 6.07) is 19.0. The summed E-state index contributed by atoms with van der Waals surface area (Å²) in [4.78, 5) is 131. The average Bonchev–Trinajstić information content (AvgIpc) is 1.60. The molecule has 2 amide bonds. The van der Waals surface area contributed by atoms with Crippen molar-refractivity contribution in [1.29, 1.82) is 15.8 Å². The van der Waals surface area contributed by atoms with Gasteiger partial charge in [0.15, 0.2) is 85.4 Å². The molecule has 5 fully saturated rings. The fraction of sp³-hybridized carbons (Fsp3) is 0.556. The number of ketones is 2. The second-order valence-electron chi connectivity index (χ2n) is 38.8. The van der Waals surface area contributed by atoms with E-state index in [1.165, 1.54) is 42.5 Å². The van der Waals surface area contributed by atoms with Crippen molar-refractivity contribution in [1.82, 2.24) is 93.3 Å². The van der Waals surface area contributed by atoms with E-state index in [9.17, 15) is 43.9 Å². The van der Waals surface area contributed by atoms with Gasteiger partial charge in [0.1, 0.15) is 85.5 Å². The van der Waals surface area contributed by atoms with Crippen molar-refractivity contribution in [3.05, 3.63) is 154 Å². The third kappa shape index (κ3) is 26.1. The summed E-state index contributed by atoms with van der Waals surface area (Å²) in [6.45, 7) is 35.7. The Morgan fingerprint density at radius 1 is 0.596 bits per heavy atom. The fourth-order valence-corrected chi connectivity index (χ4v) is 23.6. The Bertz CT molecular complexity index is 6800. The van der Waals surface area contributed by atoms with Gasteiger partial charge in [0.2, 0.25) is 6.54 Å². The van der Waals surface area contributed by atoms with Crippen LogP contribution in [0.4, 0.5) is 11.6 Å². The first-order valence-corrected chi connectivity index (χ1v) is 58.3. The molecule has 13 heterocycles. The number of hydrogen-bond donors (Lipinski definition) is 9. The Morgan fingerprint density at radius 3 is 1.50 bits per heavy atom. The third-order valence-electron chi connectivity index (χ3n) is 26.1. The van der Waals surface area contributed by atoms with E-state index in [0.717, 1.165) is 0 Å². The largest absolute Gasteiger partial charge is 0.408 e. The van der Waals surface area contributed by atoms with Crippen molar-refractivity contribution in [2.75, 3.05) is 70.0 Å². The number of nitrogens with one attached hydrogen (secondary N) is 7. The SMILES string of the molecule is CC(C)C(=O)Cc1nc2c(ncn2[C@@H]2O[C@H](COP(=O)(N[C@H]3[C@@H](O[Si](C)(C)C(C)(C)C)[C@H](n4cnc5c(NC(=O)c6ccccc6)ncnc54)O[C@@H]3COP=O)OCCC#N)[C@@H](N)[C@H]2C)c(=O)[nH]1.N#CCCO.[C-]#[N+]CCOP1(=O)N[C@H]2[C@@H](C)[C@H](n3cnc4c(=O)[nH]c(CC(=O)C(C)C)nc43)O[C@@H]2COP(=O)(OCCC#N)N[C@H]2[C@@H](O[Si](C)(C)C(C)(C)C)[C@H](n3cnc4c(NC(=O)c5ccccc5)ncnc43)O[C@@H]2CO1. The second-order valence-corrected chi connectivity index (χ2v) is 54.0. The van der Waals surface area contributed by atoms with Gasteiger partial charge in [-0.3, -0.25) is 78.7 Å². The number of nitrogens with zero attached hydrogens (tertiary/aromatic N) is 18. The second kappa shape index (κ2) is 48.1. The number of aliphatic hydroxyl groups excluding tert-OH is 1. The Hall–Kier alpha value is -11.0. The van der Waals surface area contributed by atoms with Crippen LogP contribution in [0.3, 0.4) is 0 Å². The lowest BCUT2D eigenvalue weighted by Gasteiger charge is -2.41. The molecule has 10 aromatic rings. The minimum atomic E-state index is -4.54. The number of benzene rings is 2. The molecule has 2 aromatic carbocycles. The number of hydrogen-bond acceptors (Lipinski definition) is 38. The van der Waals surface area contributed by atoms with Gasteiger partial charge in [0.25, 0.3) is 22.9 Å². The molecule has 0 radical (unpaired) electrons. The third-order valence-corrected chi connectivity index (χ3v) is 40.1. The number of carbonyl (C=O) groups is 4. The summed E-state index contributed by atoms with van der Waals surface area (Å²) < 4.78 is 147.